The first-order chi connectivity index (χ1) is 9.88. The Morgan fingerprint density at radius 1 is 1.10 bits per heavy atom. The van der Waals surface area contributed by atoms with E-state index in [1.54, 1.807) is 0 Å². The van der Waals surface area contributed by atoms with E-state index in [1.807, 2.05) is 42.5 Å². The van der Waals surface area contributed by atoms with Crippen molar-refractivity contribution >= 4 is 0 Å². The zero-order chi connectivity index (χ0) is 13.8. The smallest absolute Gasteiger partial charge is 0.123 e. The average molecular weight is 270 g/mol. The number of fused-ring (bicyclic) bond motifs is 1. The van der Waals surface area contributed by atoms with Gasteiger partial charge in [-0.2, -0.15) is 0 Å². The largest absolute Gasteiger partial charge is 0.493 e. The van der Waals surface area contributed by atoms with Gasteiger partial charge in [-0.3, -0.25) is 0 Å². The van der Waals surface area contributed by atoms with Crippen molar-refractivity contribution in [1.29, 1.82) is 0 Å². The fourth-order valence-electron chi connectivity index (χ4n) is 2.53. The quantitative estimate of drug-likeness (QED) is 0.908. The van der Waals surface area contributed by atoms with E-state index in [0.717, 1.165) is 17.1 Å². The van der Waals surface area contributed by atoms with E-state index >= 15 is 0 Å². The molecule has 0 spiro atoms. The van der Waals surface area contributed by atoms with Crippen molar-refractivity contribution in [1.82, 2.24) is 0 Å². The lowest BCUT2D eigenvalue weighted by molar-refractivity contribution is 0.244. The number of rotatable bonds is 5. The molecule has 104 valence electrons. The molecule has 1 unspecified atom stereocenters. The summed E-state index contributed by atoms with van der Waals surface area (Å²) in [6.45, 7) is 1.40. The summed E-state index contributed by atoms with van der Waals surface area (Å²) in [6, 6.07) is 16.0. The van der Waals surface area contributed by atoms with Crippen molar-refractivity contribution in [2.45, 2.75) is 12.3 Å². The van der Waals surface area contributed by atoms with Crippen LogP contribution in [0.1, 0.15) is 17.0 Å². The van der Waals surface area contributed by atoms with E-state index in [4.69, 9.17) is 14.6 Å². The molecule has 1 heterocycles. The number of hydrogen-bond donors (Lipinski definition) is 1. The zero-order valence-electron chi connectivity index (χ0n) is 11.3. The highest BCUT2D eigenvalue weighted by Gasteiger charge is 2.24. The summed E-state index contributed by atoms with van der Waals surface area (Å²) in [7, 11) is 0. The molecule has 1 N–H and O–H groups in total. The Kier molecular flexibility index (Phi) is 3.88. The van der Waals surface area contributed by atoms with Crippen LogP contribution in [0, 0.1) is 0 Å². The molecule has 0 aromatic heterocycles. The van der Waals surface area contributed by atoms with Gasteiger partial charge in [-0.1, -0.05) is 36.4 Å². The Labute approximate surface area is 118 Å². The highest BCUT2D eigenvalue weighted by atomic mass is 16.5. The first kappa shape index (κ1) is 13.0. The van der Waals surface area contributed by atoms with Crippen LogP contribution < -0.4 is 9.47 Å². The van der Waals surface area contributed by atoms with Crippen molar-refractivity contribution in [3.8, 4) is 11.5 Å². The van der Waals surface area contributed by atoms with E-state index in [9.17, 15) is 0 Å². The lowest BCUT2D eigenvalue weighted by Crippen LogP contribution is -2.12. The third-order valence-electron chi connectivity index (χ3n) is 3.59. The lowest BCUT2D eigenvalue weighted by atomic mass is 10.0. The van der Waals surface area contributed by atoms with Gasteiger partial charge in [-0.25, -0.2) is 0 Å². The van der Waals surface area contributed by atoms with Crippen LogP contribution in [0.3, 0.4) is 0 Å². The predicted molar refractivity (Wildman–Crippen MR) is 77.4 cm³/mol. The van der Waals surface area contributed by atoms with Crippen molar-refractivity contribution in [2.75, 3.05) is 19.8 Å². The van der Waals surface area contributed by atoms with Gasteiger partial charge in [0.1, 0.15) is 11.5 Å². The molecule has 2 aromatic rings. The van der Waals surface area contributed by atoms with Crippen LogP contribution in [0.5, 0.6) is 11.5 Å². The zero-order valence-corrected chi connectivity index (χ0v) is 11.3. The molecule has 0 amide bonds. The second kappa shape index (κ2) is 5.97. The number of aliphatic hydroxyl groups is 1. The fraction of sp³-hybridized carbons (Fsp3) is 0.294. The number of hydrogen-bond acceptors (Lipinski definition) is 3. The Bertz CT molecular complexity index is 580. The Morgan fingerprint density at radius 2 is 1.90 bits per heavy atom. The number of para-hydroxylation sites is 2. The van der Waals surface area contributed by atoms with Crippen LogP contribution in [-0.2, 0) is 6.42 Å². The summed E-state index contributed by atoms with van der Waals surface area (Å²) < 4.78 is 11.6. The summed E-state index contributed by atoms with van der Waals surface area (Å²) in [5.74, 6) is 2.09. The highest BCUT2D eigenvalue weighted by Crippen LogP contribution is 2.34. The first-order valence-corrected chi connectivity index (χ1v) is 6.92. The van der Waals surface area contributed by atoms with Gasteiger partial charge in [0.2, 0.25) is 0 Å². The molecule has 3 heteroatoms. The summed E-state index contributed by atoms with van der Waals surface area (Å²) in [5, 5.41) is 9.08. The molecule has 1 aliphatic rings. The second-order valence-electron chi connectivity index (χ2n) is 4.94. The molecular weight excluding hydrogens is 252 g/mol. The Balaban J connectivity index is 1.69. The normalized spacial score (nSPS) is 16.6. The topological polar surface area (TPSA) is 38.7 Å². The first-order valence-electron chi connectivity index (χ1n) is 6.92. The van der Waals surface area contributed by atoms with Crippen LogP contribution in [0.2, 0.25) is 0 Å². The molecule has 0 bridgehead atoms. The second-order valence-corrected chi connectivity index (χ2v) is 4.94. The minimum atomic E-state index is 0.135. The maximum atomic E-state index is 9.08. The van der Waals surface area contributed by atoms with Gasteiger partial charge < -0.3 is 14.6 Å². The molecule has 20 heavy (non-hydrogen) atoms. The molecule has 0 radical (unpaired) electrons. The molecule has 0 fully saturated rings. The number of benzene rings is 2. The Morgan fingerprint density at radius 3 is 2.80 bits per heavy atom. The number of ether oxygens (including phenoxy) is 2. The Hall–Kier alpha value is -2.00. The van der Waals surface area contributed by atoms with Gasteiger partial charge in [0, 0.05) is 12.2 Å². The lowest BCUT2D eigenvalue weighted by Gasteiger charge is -2.14. The summed E-state index contributed by atoms with van der Waals surface area (Å²) in [6.07, 6.45) is 0.619. The van der Waals surface area contributed by atoms with Gasteiger partial charge in [0.15, 0.2) is 0 Å². The minimum absolute atomic E-state index is 0.135. The van der Waals surface area contributed by atoms with E-state index < -0.39 is 0 Å². The predicted octanol–water partition coefficient (Wildman–Crippen LogP) is 2.78. The average Bonchev–Trinajstić information content (AvgIpc) is 2.90. The monoisotopic (exact) mass is 270 g/mol. The van der Waals surface area contributed by atoms with E-state index in [0.29, 0.717) is 19.6 Å². The summed E-state index contributed by atoms with van der Waals surface area (Å²) >= 11 is 0. The van der Waals surface area contributed by atoms with E-state index in [1.165, 1.54) is 5.56 Å². The van der Waals surface area contributed by atoms with E-state index in [-0.39, 0.29) is 12.5 Å². The third-order valence-corrected chi connectivity index (χ3v) is 3.59. The minimum Gasteiger partial charge on any atom is -0.493 e. The summed E-state index contributed by atoms with van der Waals surface area (Å²) in [5.41, 5.74) is 2.26. The molecule has 3 rings (SSSR count). The van der Waals surface area contributed by atoms with Gasteiger partial charge in [0.05, 0.1) is 19.1 Å². The molecule has 0 aliphatic carbocycles. The van der Waals surface area contributed by atoms with Crippen molar-refractivity contribution < 1.29 is 14.6 Å². The molecule has 1 aliphatic heterocycles. The van der Waals surface area contributed by atoms with Crippen molar-refractivity contribution in [2.24, 2.45) is 0 Å². The van der Waals surface area contributed by atoms with Gasteiger partial charge >= 0.3 is 0 Å². The van der Waals surface area contributed by atoms with Gasteiger partial charge in [-0.15, -0.1) is 0 Å². The van der Waals surface area contributed by atoms with Gasteiger partial charge in [-0.05, 0) is 24.1 Å². The molecule has 1 atom stereocenters. The molecule has 3 nitrogen and oxygen atoms in total. The van der Waals surface area contributed by atoms with Gasteiger partial charge in [0.25, 0.3) is 0 Å². The van der Waals surface area contributed by atoms with Crippen LogP contribution in [0.25, 0.3) is 0 Å². The van der Waals surface area contributed by atoms with Crippen LogP contribution in [0.15, 0.2) is 48.5 Å². The molecule has 2 aromatic carbocycles. The summed E-state index contributed by atoms with van der Waals surface area (Å²) in [4.78, 5) is 0. The fourth-order valence-corrected chi connectivity index (χ4v) is 2.53. The maximum Gasteiger partial charge on any atom is 0.123 e. The van der Waals surface area contributed by atoms with Crippen LogP contribution in [0.4, 0.5) is 0 Å². The third kappa shape index (κ3) is 2.63. The van der Waals surface area contributed by atoms with E-state index in [2.05, 4.69) is 6.07 Å². The van der Waals surface area contributed by atoms with Crippen LogP contribution >= 0.6 is 0 Å². The molecular formula is C17H18O3. The standard InChI is InChI=1S/C17H18O3/c18-10-9-13-5-1-3-7-16(13)19-11-14-12-20-17-8-4-2-6-15(14)17/h1-8,14,18H,9-12H2. The van der Waals surface area contributed by atoms with Crippen molar-refractivity contribution in [3.05, 3.63) is 59.7 Å². The van der Waals surface area contributed by atoms with Crippen LogP contribution in [-0.4, -0.2) is 24.9 Å². The van der Waals surface area contributed by atoms with Crippen molar-refractivity contribution in [3.63, 3.8) is 0 Å². The molecule has 0 saturated heterocycles. The highest BCUT2D eigenvalue weighted by molar-refractivity contribution is 5.40. The SMILES string of the molecule is OCCc1ccccc1OCC1COc2ccccc21. The molecule has 0 saturated carbocycles. The number of aliphatic hydroxyl groups excluding tert-OH is 1. The maximum absolute atomic E-state index is 9.08.